The molecule has 0 radical (unpaired) electrons. The molecule has 1 saturated heterocycles. The van der Waals surface area contributed by atoms with E-state index in [-0.39, 0.29) is 0 Å². The third kappa shape index (κ3) is 6.04. The van der Waals surface area contributed by atoms with E-state index in [0.717, 1.165) is 16.8 Å². The van der Waals surface area contributed by atoms with Gasteiger partial charge in [-0.15, -0.1) is 0 Å². The predicted octanol–water partition coefficient (Wildman–Crippen LogP) is 0.624. The highest BCUT2D eigenvalue weighted by atomic mass is 16.3. The summed E-state index contributed by atoms with van der Waals surface area (Å²) in [5, 5.41) is 21.2. The van der Waals surface area contributed by atoms with Gasteiger partial charge >= 0.3 is 6.03 Å². The number of hydrogen-bond acceptors (Lipinski definition) is 6. The first-order chi connectivity index (χ1) is 15.0. The zero-order valence-corrected chi connectivity index (χ0v) is 17.4. The number of rotatable bonds is 5. The summed E-state index contributed by atoms with van der Waals surface area (Å²) in [6.07, 6.45) is 2.34. The second kappa shape index (κ2) is 10.6. The van der Waals surface area contributed by atoms with Crippen molar-refractivity contribution in [2.24, 2.45) is 0 Å². The molecule has 1 fully saturated rings. The summed E-state index contributed by atoms with van der Waals surface area (Å²) in [7, 11) is 0. The van der Waals surface area contributed by atoms with E-state index in [4.69, 9.17) is 5.11 Å². The summed E-state index contributed by atoms with van der Waals surface area (Å²) in [5.41, 5.74) is 2.87. The number of carbonyl (C=O) groups is 2. The van der Waals surface area contributed by atoms with Gasteiger partial charge in [0.25, 0.3) is 0 Å². The average Bonchev–Trinajstić information content (AvgIpc) is 2.81. The van der Waals surface area contributed by atoms with E-state index >= 15 is 0 Å². The first-order valence-corrected chi connectivity index (χ1v) is 10.1. The molecule has 0 saturated carbocycles. The van der Waals surface area contributed by atoms with E-state index in [1.54, 1.807) is 17.3 Å². The van der Waals surface area contributed by atoms with Crippen LogP contribution in [-0.2, 0) is 4.79 Å². The molecule has 2 aromatic rings. The van der Waals surface area contributed by atoms with Crippen molar-refractivity contribution < 1.29 is 19.8 Å². The van der Waals surface area contributed by atoms with Crippen LogP contribution in [0.3, 0.4) is 0 Å². The lowest BCUT2D eigenvalue weighted by Crippen LogP contribution is -2.57. The summed E-state index contributed by atoms with van der Waals surface area (Å²) >= 11 is 0. The summed E-state index contributed by atoms with van der Waals surface area (Å²) in [6.45, 7) is 2.92. The number of ketones is 1. The summed E-state index contributed by atoms with van der Waals surface area (Å²) in [5.74, 6) is 5.62. The van der Waals surface area contributed by atoms with Crippen LogP contribution in [0.1, 0.15) is 18.1 Å². The highest BCUT2D eigenvalue weighted by Crippen LogP contribution is 2.17. The maximum Gasteiger partial charge on any atom is 0.318 e. The zero-order valence-electron chi connectivity index (χ0n) is 17.4. The second-order valence-corrected chi connectivity index (χ2v) is 7.30. The predicted molar refractivity (Wildman–Crippen MR) is 117 cm³/mol. The van der Waals surface area contributed by atoms with Crippen LogP contribution in [0.15, 0.2) is 48.8 Å². The minimum absolute atomic E-state index is 0.422. The molecule has 1 aromatic carbocycles. The molecule has 162 valence electrons. The Bertz CT molecular complexity index is 943. The number of aromatic nitrogens is 1. The Hall–Kier alpha value is -3.41. The maximum absolute atomic E-state index is 12.4. The Balaban J connectivity index is 1.54. The Morgan fingerprint density at radius 3 is 2.16 bits per heavy atom. The van der Waals surface area contributed by atoms with Gasteiger partial charge in [0.2, 0.25) is 0 Å². The van der Waals surface area contributed by atoms with Gasteiger partial charge in [-0.3, -0.25) is 9.78 Å². The molecule has 0 aliphatic carbocycles. The molecule has 0 unspecified atom stereocenters. The quantitative estimate of drug-likeness (QED) is 0.610. The van der Waals surface area contributed by atoms with Gasteiger partial charge in [0.05, 0.1) is 6.10 Å². The minimum atomic E-state index is -1.11. The number of aliphatic hydroxyl groups is 2. The molecule has 2 atom stereocenters. The Morgan fingerprint density at radius 1 is 1.03 bits per heavy atom. The molecule has 2 heterocycles. The van der Waals surface area contributed by atoms with E-state index in [1.807, 2.05) is 36.4 Å². The lowest BCUT2D eigenvalue weighted by atomic mass is 10.1. The number of benzene rings is 1. The first kappa shape index (κ1) is 22.3. The average molecular weight is 422 g/mol. The summed E-state index contributed by atoms with van der Waals surface area (Å²) < 4.78 is 0. The SMILES string of the molecule is C[C@H](O)[C@@H](NC(=O)N1CCN(c2ccc(C#Cc3ccncc3)cc2)CC1)C(=O)CO. The number of carbonyl (C=O) groups excluding carboxylic acids is 2. The molecular weight excluding hydrogens is 396 g/mol. The lowest BCUT2D eigenvalue weighted by Gasteiger charge is -2.36. The zero-order chi connectivity index (χ0) is 22.2. The van der Waals surface area contributed by atoms with Crippen molar-refractivity contribution in [1.82, 2.24) is 15.2 Å². The topological polar surface area (TPSA) is 106 Å². The van der Waals surface area contributed by atoms with Crippen LogP contribution in [0.2, 0.25) is 0 Å². The fourth-order valence-electron chi connectivity index (χ4n) is 3.30. The maximum atomic E-state index is 12.4. The van der Waals surface area contributed by atoms with E-state index < -0.39 is 30.6 Å². The monoisotopic (exact) mass is 422 g/mol. The summed E-state index contributed by atoms with van der Waals surface area (Å²) in [4.78, 5) is 31.9. The van der Waals surface area contributed by atoms with Crippen LogP contribution < -0.4 is 10.2 Å². The standard InChI is InChI=1S/C23H26N4O4/c1-17(29)22(21(30)16-28)25-23(31)27-14-12-26(13-15-27)20-6-4-18(5-7-20)2-3-19-8-10-24-11-9-19/h4-11,17,22,28-29H,12-16H2,1H3,(H,25,31)/t17-,22+/m0/s1. The molecule has 1 aliphatic rings. The second-order valence-electron chi connectivity index (χ2n) is 7.30. The molecule has 3 rings (SSSR count). The van der Waals surface area contributed by atoms with Crippen LogP contribution in [-0.4, -0.2) is 76.8 Å². The molecule has 3 N–H and O–H groups in total. The Labute approximate surface area is 181 Å². The molecule has 8 nitrogen and oxygen atoms in total. The number of anilines is 1. The van der Waals surface area contributed by atoms with Gasteiger partial charge < -0.3 is 25.3 Å². The van der Waals surface area contributed by atoms with Crippen molar-refractivity contribution in [2.75, 3.05) is 37.7 Å². The van der Waals surface area contributed by atoms with E-state index in [1.165, 1.54) is 6.92 Å². The minimum Gasteiger partial charge on any atom is -0.391 e. The first-order valence-electron chi connectivity index (χ1n) is 10.1. The molecule has 0 bridgehead atoms. The lowest BCUT2D eigenvalue weighted by molar-refractivity contribution is -0.125. The number of amides is 2. The smallest absolute Gasteiger partial charge is 0.318 e. The molecule has 8 heteroatoms. The highest BCUT2D eigenvalue weighted by molar-refractivity contribution is 5.89. The molecular formula is C23H26N4O4. The number of aliphatic hydroxyl groups excluding tert-OH is 2. The van der Waals surface area contributed by atoms with Crippen molar-refractivity contribution in [3.8, 4) is 11.8 Å². The van der Waals surface area contributed by atoms with Crippen molar-refractivity contribution in [1.29, 1.82) is 0 Å². The van der Waals surface area contributed by atoms with E-state index in [2.05, 4.69) is 27.0 Å². The van der Waals surface area contributed by atoms with E-state index in [0.29, 0.717) is 26.2 Å². The van der Waals surface area contributed by atoms with Crippen LogP contribution in [0.25, 0.3) is 0 Å². The molecule has 31 heavy (non-hydrogen) atoms. The Morgan fingerprint density at radius 2 is 1.61 bits per heavy atom. The fraction of sp³-hybridized carbons (Fsp3) is 0.348. The van der Waals surface area contributed by atoms with Gasteiger partial charge in [0.1, 0.15) is 12.6 Å². The number of Topliss-reactive ketones (excluding diaryl/α,β-unsaturated/α-hetero) is 1. The van der Waals surface area contributed by atoms with Crippen LogP contribution >= 0.6 is 0 Å². The van der Waals surface area contributed by atoms with Gasteiger partial charge in [-0.2, -0.15) is 0 Å². The number of pyridine rings is 1. The Kier molecular flexibility index (Phi) is 7.60. The fourth-order valence-corrected chi connectivity index (χ4v) is 3.30. The summed E-state index contributed by atoms with van der Waals surface area (Å²) in [6, 6.07) is 10.1. The third-order valence-electron chi connectivity index (χ3n) is 5.09. The van der Waals surface area contributed by atoms with Crippen molar-refractivity contribution in [3.63, 3.8) is 0 Å². The van der Waals surface area contributed by atoms with Crippen LogP contribution in [0, 0.1) is 11.8 Å². The molecule has 1 aromatic heterocycles. The highest BCUT2D eigenvalue weighted by Gasteiger charge is 2.28. The number of hydrogen-bond donors (Lipinski definition) is 3. The van der Waals surface area contributed by atoms with Gasteiger partial charge in [-0.25, -0.2) is 4.79 Å². The van der Waals surface area contributed by atoms with Gasteiger partial charge in [-0.1, -0.05) is 11.8 Å². The van der Waals surface area contributed by atoms with Crippen LogP contribution in [0.4, 0.5) is 10.5 Å². The van der Waals surface area contributed by atoms with Crippen molar-refractivity contribution in [3.05, 3.63) is 59.9 Å². The molecule has 1 aliphatic heterocycles. The van der Waals surface area contributed by atoms with Crippen LogP contribution in [0.5, 0.6) is 0 Å². The number of nitrogens with one attached hydrogen (secondary N) is 1. The van der Waals surface area contributed by atoms with Gasteiger partial charge in [-0.05, 0) is 43.3 Å². The van der Waals surface area contributed by atoms with Gasteiger partial charge in [0, 0.05) is 55.4 Å². The number of piperazine rings is 1. The largest absolute Gasteiger partial charge is 0.391 e. The van der Waals surface area contributed by atoms with E-state index in [9.17, 15) is 14.7 Å². The van der Waals surface area contributed by atoms with Gasteiger partial charge in [0.15, 0.2) is 5.78 Å². The number of urea groups is 1. The third-order valence-corrected chi connectivity index (χ3v) is 5.09. The molecule has 2 amide bonds. The van der Waals surface area contributed by atoms with Crippen molar-refractivity contribution >= 4 is 17.5 Å². The normalized spacial score (nSPS) is 15.5. The van der Waals surface area contributed by atoms with Crippen molar-refractivity contribution in [2.45, 2.75) is 19.1 Å². The molecule has 0 spiro atoms. The number of nitrogens with zero attached hydrogens (tertiary/aromatic N) is 3.